The number of carbonyl (C=O) groups is 1. The molecule has 0 aromatic heterocycles. The lowest BCUT2D eigenvalue weighted by atomic mass is 10.1. The van der Waals surface area contributed by atoms with Crippen LogP contribution in [0, 0.1) is 0 Å². The van der Waals surface area contributed by atoms with Crippen LogP contribution < -0.4 is 0 Å². The molecular formula is C12H14O2S2. The summed E-state index contributed by atoms with van der Waals surface area (Å²) >= 11 is 3.80. The van der Waals surface area contributed by atoms with Gasteiger partial charge >= 0.3 is 5.97 Å². The Bertz CT molecular complexity index is 373. The van der Waals surface area contributed by atoms with Crippen LogP contribution >= 0.6 is 23.5 Å². The Morgan fingerprint density at radius 1 is 1.38 bits per heavy atom. The average Bonchev–Trinajstić information content (AvgIpc) is 2.83. The van der Waals surface area contributed by atoms with Gasteiger partial charge in [-0.1, -0.05) is 18.2 Å². The maximum atomic E-state index is 11.8. The van der Waals surface area contributed by atoms with Gasteiger partial charge in [0.2, 0.25) is 0 Å². The summed E-state index contributed by atoms with van der Waals surface area (Å²) in [5.74, 6) is 2.12. The molecule has 0 saturated carbocycles. The number of thioether (sulfide) groups is 2. The lowest BCUT2D eigenvalue weighted by Gasteiger charge is -2.12. The van der Waals surface area contributed by atoms with Crippen molar-refractivity contribution in [3.8, 4) is 0 Å². The van der Waals surface area contributed by atoms with E-state index in [1.807, 2.05) is 54.7 Å². The highest BCUT2D eigenvalue weighted by Gasteiger charge is 2.23. The Labute approximate surface area is 104 Å². The van der Waals surface area contributed by atoms with E-state index in [1.165, 1.54) is 0 Å². The molecule has 2 rings (SSSR count). The van der Waals surface area contributed by atoms with Gasteiger partial charge in [-0.05, 0) is 18.6 Å². The van der Waals surface area contributed by atoms with Crippen LogP contribution in [0.25, 0.3) is 0 Å². The number of carbonyl (C=O) groups excluding carboxylic acids is 1. The molecule has 0 spiro atoms. The molecule has 16 heavy (non-hydrogen) atoms. The maximum absolute atomic E-state index is 11.8. The minimum absolute atomic E-state index is 0.203. The van der Waals surface area contributed by atoms with Crippen LogP contribution in [0.3, 0.4) is 0 Å². The number of esters is 1. The van der Waals surface area contributed by atoms with Crippen LogP contribution in [0.5, 0.6) is 0 Å². The molecule has 1 aliphatic heterocycles. The van der Waals surface area contributed by atoms with Crippen molar-refractivity contribution >= 4 is 29.5 Å². The van der Waals surface area contributed by atoms with Crippen molar-refractivity contribution in [2.75, 3.05) is 18.1 Å². The van der Waals surface area contributed by atoms with E-state index in [0.717, 1.165) is 22.6 Å². The van der Waals surface area contributed by atoms with E-state index in [-0.39, 0.29) is 5.97 Å². The van der Waals surface area contributed by atoms with Crippen molar-refractivity contribution in [3.63, 3.8) is 0 Å². The van der Waals surface area contributed by atoms with E-state index in [4.69, 9.17) is 4.74 Å². The normalized spacial score (nSPS) is 16.3. The minimum atomic E-state index is -0.203. The maximum Gasteiger partial charge on any atom is 0.338 e. The SMILES string of the molecule is CCOC(=O)c1ccccc1C1SCCS1. The Morgan fingerprint density at radius 3 is 2.75 bits per heavy atom. The quantitative estimate of drug-likeness (QED) is 0.773. The molecule has 1 heterocycles. The van der Waals surface area contributed by atoms with Gasteiger partial charge in [0.05, 0.1) is 16.8 Å². The highest BCUT2D eigenvalue weighted by Crippen LogP contribution is 2.46. The highest BCUT2D eigenvalue weighted by molar-refractivity contribution is 8.19. The van der Waals surface area contributed by atoms with E-state index < -0.39 is 0 Å². The van der Waals surface area contributed by atoms with Crippen molar-refractivity contribution in [2.24, 2.45) is 0 Å². The van der Waals surface area contributed by atoms with Gasteiger partial charge in [0.15, 0.2) is 0 Å². The molecule has 0 unspecified atom stereocenters. The molecule has 1 aromatic carbocycles. The van der Waals surface area contributed by atoms with Gasteiger partial charge in [-0.2, -0.15) is 0 Å². The summed E-state index contributed by atoms with van der Waals surface area (Å²) < 4.78 is 5.46. The Kier molecular flexibility index (Phi) is 4.18. The number of hydrogen-bond acceptors (Lipinski definition) is 4. The topological polar surface area (TPSA) is 26.3 Å². The zero-order valence-corrected chi connectivity index (χ0v) is 10.8. The van der Waals surface area contributed by atoms with Crippen molar-refractivity contribution in [3.05, 3.63) is 35.4 Å². The fourth-order valence-corrected chi connectivity index (χ4v) is 4.57. The second kappa shape index (κ2) is 5.64. The van der Waals surface area contributed by atoms with Gasteiger partial charge in [-0.25, -0.2) is 4.79 Å². The van der Waals surface area contributed by atoms with Crippen LogP contribution in [0.1, 0.15) is 27.4 Å². The molecule has 1 aliphatic rings. The van der Waals surface area contributed by atoms with Gasteiger partial charge in [-0.15, -0.1) is 23.5 Å². The highest BCUT2D eigenvalue weighted by atomic mass is 32.2. The predicted molar refractivity (Wildman–Crippen MR) is 70.1 cm³/mol. The largest absolute Gasteiger partial charge is 0.462 e. The average molecular weight is 254 g/mol. The summed E-state index contributed by atoms with van der Waals surface area (Å²) in [4.78, 5) is 11.8. The third-order valence-electron chi connectivity index (χ3n) is 2.33. The minimum Gasteiger partial charge on any atom is -0.462 e. The van der Waals surface area contributed by atoms with Crippen LogP contribution in [-0.4, -0.2) is 24.1 Å². The van der Waals surface area contributed by atoms with E-state index in [2.05, 4.69) is 0 Å². The number of rotatable bonds is 3. The molecule has 1 saturated heterocycles. The van der Waals surface area contributed by atoms with Gasteiger partial charge < -0.3 is 4.74 Å². The van der Waals surface area contributed by atoms with Crippen molar-refractivity contribution in [1.82, 2.24) is 0 Å². The molecule has 0 aliphatic carbocycles. The summed E-state index contributed by atoms with van der Waals surface area (Å²) in [6.45, 7) is 2.26. The van der Waals surface area contributed by atoms with Crippen molar-refractivity contribution in [1.29, 1.82) is 0 Å². The van der Waals surface area contributed by atoms with Crippen LogP contribution in [0.4, 0.5) is 0 Å². The van der Waals surface area contributed by atoms with E-state index >= 15 is 0 Å². The summed E-state index contributed by atoms with van der Waals surface area (Å²) in [5.41, 5.74) is 1.82. The molecule has 0 N–H and O–H groups in total. The second-order valence-electron chi connectivity index (χ2n) is 3.38. The van der Waals surface area contributed by atoms with Crippen molar-refractivity contribution in [2.45, 2.75) is 11.5 Å². The van der Waals surface area contributed by atoms with Gasteiger partial charge in [-0.3, -0.25) is 0 Å². The molecule has 0 radical (unpaired) electrons. The van der Waals surface area contributed by atoms with Crippen molar-refractivity contribution < 1.29 is 9.53 Å². The first-order valence-electron chi connectivity index (χ1n) is 5.32. The fourth-order valence-electron chi connectivity index (χ4n) is 1.64. The van der Waals surface area contributed by atoms with E-state index in [1.54, 1.807) is 0 Å². The standard InChI is InChI=1S/C12H14O2S2/c1-2-14-11(13)9-5-3-4-6-10(9)12-15-7-8-16-12/h3-6,12H,2,7-8H2,1H3. The van der Waals surface area contributed by atoms with E-state index in [0.29, 0.717) is 11.2 Å². The molecule has 0 atom stereocenters. The smallest absolute Gasteiger partial charge is 0.338 e. The fraction of sp³-hybridized carbons (Fsp3) is 0.417. The number of ether oxygens (including phenoxy) is 1. The Balaban J connectivity index is 2.26. The third kappa shape index (κ3) is 2.55. The van der Waals surface area contributed by atoms with E-state index in [9.17, 15) is 4.79 Å². The molecule has 0 amide bonds. The van der Waals surface area contributed by atoms with Gasteiger partial charge in [0.25, 0.3) is 0 Å². The predicted octanol–water partition coefficient (Wildman–Crippen LogP) is 3.34. The second-order valence-corrected chi connectivity index (χ2v) is 6.11. The van der Waals surface area contributed by atoms with Gasteiger partial charge in [0.1, 0.15) is 0 Å². The first-order chi connectivity index (χ1) is 7.83. The molecule has 2 nitrogen and oxygen atoms in total. The van der Waals surface area contributed by atoms with Crippen LogP contribution in [0.2, 0.25) is 0 Å². The molecule has 86 valence electrons. The summed E-state index contributed by atoms with van der Waals surface area (Å²) in [6.07, 6.45) is 0. The molecule has 0 bridgehead atoms. The molecular weight excluding hydrogens is 240 g/mol. The lowest BCUT2D eigenvalue weighted by Crippen LogP contribution is -2.08. The summed E-state index contributed by atoms with van der Waals surface area (Å²) in [6, 6.07) is 7.76. The monoisotopic (exact) mass is 254 g/mol. The number of hydrogen-bond donors (Lipinski definition) is 0. The summed E-state index contributed by atoms with van der Waals surface area (Å²) in [7, 11) is 0. The first-order valence-corrected chi connectivity index (χ1v) is 7.42. The van der Waals surface area contributed by atoms with Crippen LogP contribution in [0.15, 0.2) is 24.3 Å². The van der Waals surface area contributed by atoms with Gasteiger partial charge in [0, 0.05) is 11.5 Å². The zero-order chi connectivity index (χ0) is 11.4. The molecule has 4 heteroatoms. The molecule has 1 aromatic rings. The number of benzene rings is 1. The Hall–Kier alpha value is -0.610. The molecule has 1 fully saturated rings. The first kappa shape index (κ1) is 11.9. The zero-order valence-electron chi connectivity index (χ0n) is 9.14. The summed E-state index contributed by atoms with van der Waals surface area (Å²) in [5, 5.41) is 0. The lowest BCUT2D eigenvalue weighted by molar-refractivity contribution is 0.0525. The Morgan fingerprint density at radius 2 is 2.06 bits per heavy atom. The van der Waals surface area contributed by atoms with Crippen LogP contribution in [-0.2, 0) is 4.74 Å². The third-order valence-corrected chi connectivity index (χ3v) is 5.40.